The molecule has 0 aromatic carbocycles. The second kappa shape index (κ2) is 5.67. The Hall–Kier alpha value is -1.83. The highest BCUT2D eigenvalue weighted by atomic mass is 19.4. The zero-order valence-electron chi connectivity index (χ0n) is 9.66. The van der Waals surface area contributed by atoms with Crippen molar-refractivity contribution in [2.24, 2.45) is 5.84 Å². The lowest BCUT2D eigenvalue weighted by Crippen LogP contribution is -2.38. The highest BCUT2D eigenvalue weighted by Crippen LogP contribution is 2.18. The number of amides is 1. The minimum absolute atomic E-state index is 0.0357. The van der Waals surface area contributed by atoms with E-state index >= 15 is 0 Å². The minimum atomic E-state index is -4.42. The van der Waals surface area contributed by atoms with Crippen molar-refractivity contribution in [3.8, 4) is 0 Å². The lowest BCUT2D eigenvalue weighted by atomic mass is 10.2. The molecule has 0 aliphatic rings. The number of nitrogen functional groups attached to an aromatic ring is 1. The van der Waals surface area contributed by atoms with E-state index in [4.69, 9.17) is 5.84 Å². The van der Waals surface area contributed by atoms with Crippen LogP contribution in [0.1, 0.15) is 17.3 Å². The lowest BCUT2D eigenvalue weighted by Gasteiger charge is -2.22. The predicted octanol–water partition coefficient (Wildman–Crippen LogP) is 1.39. The van der Waals surface area contributed by atoms with Gasteiger partial charge in [-0.05, 0) is 19.1 Å². The van der Waals surface area contributed by atoms with Gasteiger partial charge in [-0.2, -0.15) is 13.2 Å². The molecule has 0 atom stereocenters. The number of hydrogen-bond donors (Lipinski definition) is 2. The maximum absolute atomic E-state index is 12.3. The molecule has 5 nitrogen and oxygen atoms in total. The third kappa shape index (κ3) is 3.88. The smallest absolute Gasteiger partial charge is 0.330 e. The van der Waals surface area contributed by atoms with Gasteiger partial charge < -0.3 is 10.3 Å². The van der Waals surface area contributed by atoms with Crippen LogP contribution < -0.4 is 11.3 Å². The second-order valence-corrected chi connectivity index (χ2v) is 3.51. The van der Waals surface area contributed by atoms with Crippen LogP contribution >= 0.6 is 0 Å². The Balaban J connectivity index is 2.89. The van der Waals surface area contributed by atoms with Crippen LogP contribution in [0.4, 0.5) is 19.0 Å². The number of nitrogens with zero attached hydrogens (tertiary/aromatic N) is 2. The van der Waals surface area contributed by atoms with Gasteiger partial charge in [0.15, 0.2) is 0 Å². The lowest BCUT2D eigenvalue weighted by molar-refractivity contribution is -0.140. The fourth-order valence-corrected chi connectivity index (χ4v) is 1.37. The van der Waals surface area contributed by atoms with Crippen molar-refractivity contribution in [1.29, 1.82) is 0 Å². The van der Waals surface area contributed by atoms with E-state index in [1.807, 2.05) is 0 Å². The van der Waals surface area contributed by atoms with Crippen LogP contribution in [-0.2, 0) is 0 Å². The molecule has 1 aromatic heterocycles. The molecule has 0 fully saturated rings. The average Bonchev–Trinajstić information content (AvgIpc) is 2.34. The molecule has 0 aliphatic carbocycles. The van der Waals surface area contributed by atoms with Gasteiger partial charge in [0.25, 0.3) is 5.91 Å². The number of halogens is 3. The van der Waals surface area contributed by atoms with Gasteiger partial charge in [0.1, 0.15) is 12.4 Å². The van der Waals surface area contributed by atoms with Crippen LogP contribution in [0.3, 0.4) is 0 Å². The molecule has 0 unspecified atom stereocenters. The fraction of sp³-hybridized carbons (Fsp3) is 0.400. The summed E-state index contributed by atoms with van der Waals surface area (Å²) in [4.78, 5) is 16.3. The van der Waals surface area contributed by atoms with Crippen molar-refractivity contribution < 1.29 is 18.0 Å². The molecule has 0 bridgehead atoms. The number of aromatic nitrogens is 1. The quantitative estimate of drug-likeness (QED) is 0.635. The summed E-state index contributed by atoms with van der Waals surface area (Å²) in [5, 5.41) is 0. The normalized spacial score (nSPS) is 11.2. The van der Waals surface area contributed by atoms with Gasteiger partial charge in [-0.1, -0.05) is 0 Å². The molecule has 1 amide bonds. The van der Waals surface area contributed by atoms with Crippen molar-refractivity contribution in [2.75, 3.05) is 18.5 Å². The van der Waals surface area contributed by atoms with Crippen LogP contribution in [0, 0.1) is 0 Å². The number of pyridine rings is 1. The Labute approximate surface area is 102 Å². The van der Waals surface area contributed by atoms with Gasteiger partial charge in [-0.25, -0.2) is 10.8 Å². The molecule has 0 spiro atoms. The summed E-state index contributed by atoms with van der Waals surface area (Å²) >= 11 is 0. The van der Waals surface area contributed by atoms with Crippen LogP contribution in [0.2, 0.25) is 0 Å². The third-order valence-electron chi connectivity index (χ3n) is 2.19. The molecular formula is C10H13F3N4O. The first kappa shape index (κ1) is 14.2. The van der Waals surface area contributed by atoms with E-state index in [0.717, 1.165) is 0 Å². The van der Waals surface area contributed by atoms with Gasteiger partial charge in [-0.15, -0.1) is 0 Å². The van der Waals surface area contributed by atoms with E-state index in [9.17, 15) is 18.0 Å². The molecule has 0 radical (unpaired) electrons. The standard InChI is InChI=1S/C10H13F3N4O/c1-2-17(6-10(11,12)13)9(18)7-3-4-15-8(5-7)16-14/h3-5H,2,6,14H2,1H3,(H,15,16). The Morgan fingerprint density at radius 2 is 2.22 bits per heavy atom. The molecule has 8 heteroatoms. The van der Waals surface area contributed by atoms with E-state index in [1.165, 1.54) is 25.3 Å². The topological polar surface area (TPSA) is 71.2 Å². The number of alkyl halides is 3. The average molecular weight is 262 g/mol. The Morgan fingerprint density at radius 1 is 1.56 bits per heavy atom. The van der Waals surface area contributed by atoms with Crippen LogP contribution in [0.25, 0.3) is 0 Å². The highest BCUT2D eigenvalue weighted by molar-refractivity contribution is 5.94. The maximum Gasteiger partial charge on any atom is 0.406 e. The number of hydrogen-bond acceptors (Lipinski definition) is 4. The van der Waals surface area contributed by atoms with Gasteiger partial charge >= 0.3 is 6.18 Å². The van der Waals surface area contributed by atoms with E-state index in [0.29, 0.717) is 4.90 Å². The molecule has 1 aromatic rings. The number of carbonyl (C=O) groups is 1. The molecule has 0 aliphatic heterocycles. The van der Waals surface area contributed by atoms with E-state index in [2.05, 4.69) is 10.4 Å². The summed E-state index contributed by atoms with van der Waals surface area (Å²) in [6.45, 7) is 0.162. The van der Waals surface area contributed by atoms with Crippen LogP contribution in [0.15, 0.2) is 18.3 Å². The molecule has 1 rings (SSSR count). The number of rotatable bonds is 4. The molecule has 0 saturated carbocycles. The Bertz CT molecular complexity index is 422. The first-order valence-electron chi connectivity index (χ1n) is 5.16. The second-order valence-electron chi connectivity index (χ2n) is 3.51. The molecule has 0 saturated heterocycles. The first-order valence-corrected chi connectivity index (χ1v) is 5.16. The monoisotopic (exact) mass is 262 g/mol. The van der Waals surface area contributed by atoms with Crippen molar-refractivity contribution >= 4 is 11.7 Å². The first-order chi connectivity index (χ1) is 8.37. The van der Waals surface area contributed by atoms with E-state index < -0.39 is 18.6 Å². The summed E-state index contributed by atoms with van der Waals surface area (Å²) < 4.78 is 36.8. The van der Waals surface area contributed by atoms with Crippen LogP contribution in [0.5, 0.6) is 0 Å². The zero-order chi connectivity index (χ0) is 13.8. The Kier molecular flexibility index (Phi) is 4.49. The number of carbonyl (C=O) groups excluding carboxylic acids is 1. The molecule has 1 heterocycles. The number of nitrogens with one attached hydrogen (secondary N) is 1. The number of anilines is 1. The maximum atomic E-state index is 12.3. The molecule has 18 heavy (non-hydrogen) atoms. The van der Waals surface area contributed by atoms with E-state index in [-0.39, 0.29) is 17.9 Å². The van der Waals surface area contributed by atoms with Crippen molar-refractivity contribution in [2.45, 2.75) is 13.1 Å². The van der Waals surface area contributed by atoms with Gasteiger partial charge in [0.05, 0.1) is 0 Å². The van der Waals surface area contributed by atoms with Gasteiger partial charge in [-0.3, -0.25) is 4.79 Å². The van der Waals surface area contributed by atoms with Crippen molar-refractivity contribution in [3.63, 3.8) is 0 Å². The summed E-state index contributed by atoms with van der Waals surface area (Å²) in [6.07, 6.45) is -3.13. The zero-order valence-corrected chi connectivity index (χ0v) is 9.66. The number of nitrogens with two attached hydrogens (primary N) is 1. The molecule has 3 N–H and O–H groups in total. The summed E-state index contributed by atoms with van der Waals surface area (Å²) in [6, 6.07) is 2.63. The fourth-order valence-electron chi connectivity index (χ4n) is 1.37. The molecule has 100 valence electrons. The van der Waals surface area contributed by atoms with Crippen molar-refractivity contribution in [1.82, 2.24) is 9.88 Å². The predicted molar refractivity (Wildman–Crippen MR) is 59.7 cm³/mol. The Morgan fingerprint density at radius 3 is 2.72 bits per heavy atom. The largest absolute Gasteiger partial charge is 0.406 e. The number of hydrazine groups is 1. The minimum Gasteiger partial charge on any atom is -0.330 e. The summed E-state index contributed by atoms with van der Waals surface area (Å²) in [5.41, 5.74) is 2.32. The van der Waals surface area contributed by atoms with Gasteiger partial charge in [0.2, 0.25) is 0 Å². The van der Waals surface area contributed by atoms with Crippen LogP contribution in [-0.4, -0.2) is 35.1 Å². The summed E-state index contributed by atoms with van der Waals surface area (Å²) in [5.74, 6) is 4.61. The third-order valence-corrected chi connectivity index (χ3v) is 2.19. The highest BCUT2D eigenvalue weighted by Gasteiger charge is 2.32. The van der Waals surface area contributed by atoms with Gasteiger partial charge in [0, 0.05) is 18.3 Å². The summed E-state index contributed by atoms with van der Waals surface area (Å²) in [7, 11) is 0. The van der Waals surface area contributed by atoms with E-state index in [1.54, 1.807) is 0 Å². The molecular weight excluding hydrogens is 249 g/mol. The SMILES string of the molecule is CCN(CC(F)(F)F)C(=O)c1ccnc(NN)c1. The van der Waals surface area contributed by atoms with Crippen molar-refractivity contribution in [3.05, 3.63) is 23.9 Å².